The summed E-state index contributed by atoms with van der Waals surface area (Å²) in [6.45, 7) is 4.69. The Bertz CT molecular complexity index is 190. The summed E-state index contributed by atoms with van der Waals surface area (Å²) < 4.78 is 0. The fourth-order valence-corrected chi connectivity index (χ4v) is 3.92. The molecule has 2 fully saturated rings. The molecule has 0 amide bonds. The molecule has 0 aromatic carbocycles. The van der Waals surface area contributed by atoms with Crippen LogP contribution in [0.2, 0.25) is 0 Å². The van der Waals surface area contributed by atoms with Gasteiger partial charge in [-0.1, -0.05) is 39.5 Å². The van der Waals surface area contributed by atoms with Crippen molar-refractivity contribution in [1.82, 2.24) is 0 Å². The second kappa shape index (κ2) is 4.22. The summed E-state index contributed by atoms with van der Waals surface area (Å²) in [7, 11) is 0. The summed E-state index contributed by atoms with van der Waals surface area (Å²) >= 11 is 0. The Morgan fingerprint density at radius 1 is 1.29 bits per heavy atom. The van der Waals surface area contributed by atoms with Crippen LogP contribution in [0.15, 0.2) is 0 Å². The van der Waals surface area contributed by atoms with E-state index in [0.29, 0.717) is 6.04 Å². The lowest BCUT2D eigenvalue weighted by molar-refractivity contribution is 0.108. The number of hydrogen-bond acceptors (Lipinski definition) is 1. The van der Waals surface area contributed by atoms with Crippen molar-refractivity contribution >= 4 is 0 Å². The van der Waals surface area contributed by atoms with Gasteiger partial charge in [-0.25, -0.2) is 0 Å². The van der Waals surface area contributed by atoms with Gasteiger partial charge in [-0.3, -0.25) is 0 Å². The summed E-state index contributed by atoms with van der Waals surface area (Å²) in [5.41, 5.74) is 6.38. The maximum Gasteiger partial charge on any atom is 0.00982 e. The van der Waals surface area contributed by atoms with Crippen LogP contribution in [0, 0.1) is 23.7 Å². The van der Waals surface area contributed by atoms with Crippen LogP contribution in [-0.2, 0) is 0 Å². The molecule has 2 N–H and O–H groups in total. The van der Waals surface area contributed by atoms with Gasteiger partial charge in [0.15, 0.2) is 0 Å². The van der Waals surface area contributed by atoms with Crippen LogP contribution >= 0.6 is 0 Å². The first-order chi connectivity index (χ1) is 6.74. The molecule has 2 saturated carbocycles. The number of nitrogens with two attached hydrogens (primary N) is 1. The average Bonchev–Trinajstić information content (AvgIpc) is 2.62. The Hall–Kier alpha value is -0.0400. The van der Waals surface area contributed by atoms with E-state index in [-0.39, 0.29) is 0 Å². The minimum atomic E-state index is 0.507. The predicted molar refractivity (Wildman–Crippen MR) is 61.0 cm³/mol. The first-order valence-electron chi connectivity index (χ1n) is 6.49. The standard InChI is InChI=1S/C13H25N/c1-3-5-10-8-11-6-4-7-12(11)13(14)9(10)2/h9-13H,3-8,14H2,1-2H3/t9?,10?,11?,12-,13?/m1/s1. The van der Waals surface area contributed by atoms with Crippen LogP contribution in [0.1, 0.15) is 52.4 Å². The van der Waals surface area contributed by atoms with E-state index in [1.807, 2.05) is 0 Å². The molecule has 4 unspecified atom stereocenters. The maximum atomic E-state index is 6.38. The van der Waals surface area contributed by atoms with Crippen molar-refractivity contribution < 1.29 is 0 Å². The molecular formula is C13H25N. The zero-order valence-electron chi connectivity index (χ0n) is 9.71. The molecule has 0 aliphatic heterocycles. The first kappa shape index (κ1) is 10.5. The van der Waals surface area contributed by atoms with E-state index in [4.69, 9.17) is 5.73 Å². The fraction of sp³-hybridized carbons (Fsp3) is 1.00. The molecule has 0 aromatic heterocycles. The maximum absolute atomic E-state index is 6.38. The molecule has 2 rings (SSSR count). The Labute approximate surface area is 88.4 Å². The van der Waals surface area contributed by atoms with Gasteiger partial charge in [0.05, 0.1) is 0 Å². The van der Waals surface area contributed by atoms with Gasteiger partial charge in [0.2, 0.25) is 0 Å². The third-order valence-corrected chi connectivity index (χ3v) is 4.83. The van der Waals surface area contributed by atoms with Crippen molar-refractivity contribution in [3.8, 4) is 0 Å². The van der Waals surface area contributed by atoms with Gasteiger partial charge in [0, 0.05) is 6.04 Å². The number of hydrogen-bond donors (Lipinski definition) is 1. The van der Waals surface area contributed by atoms with Crippen LogP contribution in [0.5, 0.6) is 0 Å². The van der Waals surface area contributed by atoms with Crippen molar-refractivity contribution in [2.75, 3.05) is 0 Å². The zero-order chi connectivity index (χ0) is 10.1. The Morgan fingerprint density at radius 3 is 2.79 bits per heavy atom. The third kappa shape index (κ3) is 1.71. The van der Waals surface area contributed by atoms with Crippen LogP contribution in [-0.4, -0.2) is 6.04 Å². The lowest BCUT2D eigenvalue weighted by Crippen LogP contribution is -2.46. The quantitative estimate of drug-likeness (QED) is 0.719. The second-order valence-corrected chi connectivity index (χ2v) is 5.58. The second-order valence-electron chi connectivity index (χ2n) is 5.58. The van der Waals surface area contributed by atoms with Gasteiger partial charge in [-0.05, 0) is 36.5 Å². The summed E-state index contributed by atoms with van der Waals surface area (Å²) in [4.78, 5) is 0. The van der Waals surface area contributed by atoms with Crippen LogP contribution in [0.3, 0.4) is 0 Å². The van der Waals surface area contributed by atoms with E-state index < -0.39 is 0 Å². The lowest BCUT2D eigenvalue weighted by Gasteiger charge is -2.42. The predicted octanol–water partition coefficient (Wildman–Crippen LogP) is 3.19. The van der Waals surface area contributed by atoms with E-state index >= 15 is 0 Å². The van der Waals surface area contributed by atoms with E-state index in [1.54, 1.807) is 0 Å². The molecule has 14 heavy (non-hydrogen) atoms. The molecular weight excluding hydrogens is 170 g/mol. The highest BCUT2D eigenvalue weighted by molar-refractivity contribution is 4.95. The van der Waals surface area contributed by atoms with E-state index in [0.717, 1.165) is 23.7 Å². The van der Waals surface area contributed by atoms with E-state index in [2.05, 4.69) is 13.8 Å². The van der Waals surface area contributed by atoms with Crippen molar-refractivity contribution in [2.24, 2.45) is 29.4 Å². The summed E-state index contributed by atoms with van der Waals surface area (Å²) in [6, 6.07) is 0.507. The highest BCUT2D eigenvalue weighted by atomic mass is 14.7. The Morgan fingerprint density at radius 2 is 2.07 bits per heavy atom. The van der Waals surface area contributed by atoms with Crippen molar-refractivity contribution in [3.05, 3.63) is 0 Å². The van der Waals surface area contributed by atoms with Gasteiger partial charge >= 0.3 is 0 Å². The highest BCUT2D eigenvalue weighted by Gasteiger charge is 2.42. The monoisotopic (exact) mass is 195 g/mol. The first-order valence-corrected chi connectivity index (χ1v) is 6.49. The average molecular weight is 195 g/mol. The minimum Gasteiger partial charge on any atom is -0.327 e. The molecule has 1 heteroatoms. The minimum absolute atomic E-state index is 0.507. The SMILES string of the molecule is CCCC1CC2CCC[C@H]2C(N)C1C. The summed E-state index contributed by atoms with van der Waals surface area (Å²) in [5, 5.41) is 0. The van der Waals surface area contributed by atoms with Gasteiger partial charge in [0.1, 0.15) is 0 Å². The molecule has 2 aliphatic rings. The Balaban J connectivity index is 2.03. The van der Waals surface area contributed by atoms with Crippen LogP contribution in [0.25, 0.3) is 0 Å². The normalized spacial score (nSPS) is 47.8. The lowest BCUT2D eigenvalue weighted by atomic mass is 9.66. The molecule has 5 atom stereocenters. The van der Waals surface area contributed by atoms with Gasteiger partial charge < -0.3 is 5.73 Å². The van der Waals surface area contributed by atoms with Crippen molar-refractivity contribution in [3.63, 3.8) is 0 Å². The molecule has 2 aliphatic carbocycles. The van der Waals surface area contributed by atoms with Crippen LogP contribution in [0.4, 0.5) is 0 Å². The van der Waals surface area contributed by atoms with Gasteiger partial charge in [-0.2, -0.15) is 0 Å². The van der Waals surface area contributed by atoms with Crippen LogP contribution < -0.4 is 5.73 Å². The fourth-order valence-electron chi connectivity index (χ4n) is 3.92. The molecule has 1 nitrogen and oxygen atoms in total. The van der Waals surface area contributed by atoms with Gasteiger partial charge in [0.25, 0.3) is 0 Å². The Kier molecular flexibility index (Phi) is 3.16. The smallest absolute Gasteiger partial charge is 0.00982 e. The van der Waals surface area contributed by atoms with Crippen molar-refractivity contribution in [2.45, 2.75) is 58.4 Å². The summed E-state index contributed by atoms with van der Waals surface area (Å²) in [5.74, 6) is 3.56. The zero-order valence-corrected chi connectivity index (χ0v) is 9.71. The molecule has 0 spiro atoms. The largest absolute Gasteiger partial charge is 0.327 e. The van der Waals surface area contributed by atoms with E-state index in [1.165, 1.54) is 38.5 Å². The van der Waals surface area contributed by atoms with Gasteiger partial charge in [-0.15, -0.1) is 0 Å². The van der Waals surface area contributed by atoms with E-state index in [9.17, 15) is 0 Å². The highest BCUT2D eigenvalue weighted by Crippen LogP contribution is 2.47. The number of fused-ring (bicyclic) bond motifs is 1. The molecule has 0 heterocycles. The number of rotatable bonds is 2. The molecule has 0 radical (unpaired) electrons. The topological polar surface area (TPSA) is 26.0 Å². The molecule has 82 valence electrons. The van der Waals surface area contributed by atoms with Crippen molar-refractivity contribution in [1.29, 1.82) is 0 Å². The summed E-state index contributed by atoms with van der Waals surface area (Å²) in [6.07, 6.45) is 8.53. The molecule has 0 saturated heterocycles. The molecule has 0 bridgehead atoms. The third-order valence-electron chi connectivity index (χ3n) is 4.83. The molecule has 0 aromatic rings.